The number of amides is 1. The van der Waals surface area contributed by atoms with Gasteiger partial charge in [-0.3, -0.25) is 10.6 Å². The van der Waals surface area contributed by atoms with Gasteiger partial charge in [-0.25, -0.2) is 9.97 Å². The van der Waals surface area contributed by atoms with E-state index in [1.807, 2.05) is 0 Å². The summed E-state index contributed by atoms with van der Waals surface area (Å²) in [6.45, 7) is 0.830. The fourth-order valence-corrected chi connectivity index (χ4v) is 2.30. The van der Waals surface area contributed by atoms with E-state index in [-0.39, 0.29) is 30.1 Å². The van der Waals surface area contributed by atoms with Crippen LogP contribution in [0.4, 0.5) is 5.95 Å². The summed E-state index contributed by atoms with van der Waals surface area (Å²) >= 11 is 0. The normalized spacial score (nSPS) is 14.8. The van der Waals surface area contributed by atoms with Gasteiger partial charge in [-0.2, -0.15) is 0 Å². The van der Waals surface area contributed by atoms with Gasteiger partial charge in [0.15, 0.2) is 0 Å². The first kappa shape index (κ1) is 15.7. The van der Waals surface area contributed by atoms with Crippen LogP contribution in [-0.2, 0) is 11.2 Å². The lowest BCUT2D eigenvalue weighted by atomic mass is 10.1. The molecular formula is C13H17N9O2. The number of nitrogen functional groups attached to an aromatic ring is 1. The summed E-state index contributed by atoms with van der Waals surface area (Å²) < 4.78 is 5.47. The largest absolute Gasteiger partial charge is 0.420 e. The van der Waals surface area contributed by atoms with Crippen molar-refractivity contribution in [2.24, 2.45) is 11.6 Å². The maximum atomic E-state index is 12.3. The van der Waals surface area contributed by atoms with E-state index < -0.39 is 0 Å². The van der Waals surface area contributed by atoms with E-state index in [4.69, 9.17) is 21.7 Å². The summed E-state index contributed by atoms with van der Waals surface area (Å²) in [4.78, 5) is 21.6. The monoisotopic (exact) mass is 331 g/mol. The summed E-state index contributed by atoms with van der Waals surface area (Å²) in [5, 5.41) is 7.76. The summed E-state index contributed by atoms with van der Waals surface area (Å²) in [5.41, 5.74) is 15.7. The molecule has 3 heterocycles. The van der Waals surface area contributed by atoms with E-state index in [9.17, 15) is 4.79 Å². The molecule has 0 saturated carbocycles. The second-order valence-corrected chi connectivity index (χ2v) is 5.22. The molecule has 0 radical (unpaired) electrons. The van der Waals surface area contributed by atoms with Crippen molar-refractivity contribution in [1.29, 1.82) is 0 Å². The minimum Gasteiger partial charge on any atom is -0.420 e. The Morgan fingerprint density at radius 2 is 2.04 bits per heavy atom. The van der Waals surface area contributed by atoms with Crippen LogP contribution in [0.2, 0.25) is 0 Å². The summed E-state index contributed by atoms with van der Waals surface area (Å²) in [6, 6.07) is 0. The Labute approximate surface area is 136 Å². The first-order valence-corrected chi connectivity index (χ1v) is 7.19. The molecule has 3 rings (SSSR count). The standard InChI is InChI=1S/C13H17N9O2/c14-8-6-22(2-1-9(8)19-16)11(23)3-10-20-21-12(24-10)7-4-17-13(15)18-5-7/h4-5,19H,1-3,6,14,16H2,(H2,15,17,18). The maximum Gasteiger partial charge on any atom is 0.250 e. The minimum atomic E-state index is -0.155. The van der Waals surface area contributed by atoms with Gasteiger partial charge in [0, 0.05) is 36.8 Å². The molecule has 0 atom stereocenters. The van der Waals surface area contributed by atoms with Crippen LogP contribution in [0.25, 0.3) is 11.5 Å². The number of hydrazine groups is 1. The van der Waals surface area contributed by atoms with E-state index in [1.165, 1.54) is 12.4 Å². The van der Waals surface area contributed by atoms with Gasteiger partial charge in [0.1, 0.15) is 6.42 Å². The van der Waals surface area contributed by atoms with Gasteiger partial charge in [0.05, 0.1) is 12.1 Å². The van der Waals surface area contributed by atoms with E-state index in [0.29, 0.717) is 30.8 Å². The number of nitrogens with zero attached hydrogens (tertiary/aromatic N) is 5. The van der Waals surface area contributed by atoms with Gasteiger partial charge in [0.2, 0.25) is 17.7 Å². The zero-order valence-corrected chi connectivity index (χ0v) is 12.8. The lowest BCUT2D eigenvalue weighted by molar-refractivity contribution is -0.130. The molecule has 126 valence electrons. The molecule has 0 spiro atoms. The van der Waals surface area contributed by atoms with E-state index in [1.54, 1.807) is 4.90 Å². The Hall–Kier alpha value is -3.21. The van der Waals surface area contributed by atoms with Gasteiger partial charge < -0.3 is 26.2 Å². The predicted octanol–water partition coefficient (Wildman–Crippen LogP) is -1.48. The highest BCUT2D eigenvalue weighted by Gasteiger charge is 2.23. The van der Waals surface area contributed by atoms with Crippen molar-refractivity contribution in [3.8, 4) is 11.5 Å². The van der Waals surface area contributed by atoms with Crippen LogP contribution in [0.15, 0.2) is 28.2 Å². The van der Waals surface area contributed by atoms with Gasteiger partial charge in [-0.15, -0.1) is 10.2 Å². The second-order valence-electron chi connectivity index (χ2n) is 5.22. The Morgan fingerprint density at radius 3 is 2.71 bits per heavy atom. The topological polar surface area (TPSA) is 175 Å². The Balaban J connectivity index is 1.66. The molecule has 0 bridgehead atoms. The van der Waals surface area contributed by atoms with Crippen molar-refractivity contribution in [3.63, 3.8) is 0 Å². The molecule has 11 nitrogen and oxygen atoms in total. The fourth-order valence-electron chi connectivity index (χ4n) is 2.30. The van der Waals surface area contributed by atoms with Crippen LogP contribution < -0.4 is 22.7 Å². The first-order valence-electron chi connectivity index (χ1n) is 7.19. The molecule has 2 aromatic heterocycles. The number of anilines is 1. The first-order chi connectivity index (χ1) is 11.6. The van der Waals surface area contributed by atoms with E-state index >= 15 is 0 Å². The predicted molar refractivity (Wildman–Crippen MR) is 83.2 cm³/mol. The second kappa shape index (κ2) is 6.50. The van der Waals surface area contributed by atoms with Gasteiger partial charge >= 0.3 is 0 Å². The van der Waals surface area contributed by atoms with Crippen LogP contribution in [0.3, 0.4) is 0 Å². The molecule has 24 heavy (non-hydrogen) atoms. The smallest absolute Gasteiger partial charge is 0.250 e. The molecule has 0 fully saturated rings. The number of hydrogen-bond acceptors (Lipinski definition) is 10. The molecule has 7 N–H and O–H groups in total. The number of aromatic nitrogens is 4. The molecule has 1 aliphatic rings. The fraction of sp³-hybridized carbons (Fsp3) is 0.308. The third kappa shape index (κ3) is 3.25. The van der Waals surface area contributed by atoms with Crippen LogP contribution >= 0.6 is 0 Å². The molecule has 2 aromatic rings. The molecular weight excluding hydrogens is 314 g/mol. The van der Waals surface area contributed by atoms with Gasteiger partial charge in [-0.1, -0.05) is 0 Å². The molecule has 0 aromatic carbocycles. The highest BCUT2D eigenvalue weighted by Crippen LogP contribution is 2.17. The Bertz CT molecular complexity index is 768. The van der Waals surface area contributed by atoms with Crippen LogP contribution in [0.5, 0.6) is 0 Å². The molecule has 0 unspecified atom stereocenters. The number of rotatable bonds is 4. The summed E-state index contributed by atoms with van der Waals surface area (Å²) in [7, 11) is 0. The highest BCUT2D eigenvalue weighted by atomic mass is 16.4. The van der Waals surface area contributed by atoms with Crippen molar-refractivity contribution in [2.45, 2.75) is 12.8 Å². The average Bonchev–Trinajstić information content (AvgIpc) is 3.04. The minimum absolute atomic E-state index is 0.0124. The lowest BCUT2D eigenvalue weighted by Crippen LogP contribution is -2.42. The van der Waals surface area contributed by atoms with Crippen molar-refractivity contribution < 1.29 is 9.21 Å². The zero-order valence-electron chi connectivity index (χ0n) is 12.8. The van der Waals surface area contributed by atoms with Crippen molar-refractivity contribution >= 4 is 11.9 Å². The molecule has 1 aliphatic heterocycles. The highest BCUT2D eigenvalue weighted by molar-refractivity contribution is 5.78. The van der Waals surface area contributed by atoms with Crippen LogP contribution in [0.1, 0.15) is 12.3 Å². The third-order valence-corrected chi connectivity index (χ3v) is 3.60. The molecule has 11 heteroatoms. The molecule has 0 aliphatic carbocycles. The summed E-state index contributed by atoms with van der Waals surface area (Å²) in [6.07, 6.45) is 3.51. The molecule has 1 amide bonds. The van der Waals surface area contributed by atoms with E-state index in [0.717, 1.165) is 5.70 Å². The Morgan fingerprint density at radius 1 is 1.29 bits per heavy atom. The average molecular weight is 331 g/mol. The van der Waals surface area contributed by atoms with Crippen molar-refractivity contribution in [2.75, 3.05) is 18.8 Å². The van der Waals surface area contributed by atoms with Crippen molar-refractivity contribution in [3.05, 3.63) is 29.7 Å². The quantitative estimate of drug-likeness (QED) is 0.381. The zero-order chi connectivity index (χ0) is 17.1. The SMILES string of the molecule is NNC1=C(N)CN(C(=O)Cc2nnc(-c3cnc(N)nc3)o2)CC1. The maximum absolute atomic E-state index is 12.3. The Kier molecular flexibility index (Phi) is 4.24. The number of carbonyl (C=O) groups is 1. The van der Waals surface area contributed by atoms with Crippen LogP contribution in [0, 0.1) is 0 Å². The lowest BCUT2D eigenvalue weighted by Gasteiger charge is -2.28. The summed E-state index contributed by atoms with van der Waals surface area (Å²) in [5.74, 6) is 5.79. The third-order valence-electron chi connectivity index (χ3n) is 3.60. The number of nitrogens with one attached hydrogen (secondary N) is 1. The number of hydrogen-bond donors (Lipinski definition) is 4. The van der Waals surface area contributed by atoms with Gasteiger partial charge in [-0.05, 0) is 0 Å². The van der Waals surface area contributed by atoms with Gasteiger partial charge in [0.25, 0.3) is 5.89 Å². The van der Waals surface area contributed by atoms with Crippen molar-refractivity contribution in [1.82, 2.24) is 30.5 Å². The number of nitrogens with two attached hydrogens (primary N) is 3. The number of carbonyl (C=O) groups excluding carboxylic acids is 1. The molecule has 0 saturated heterocycles. The van der Waals surface area contributed by atoms with E-state index in [2.05, 4.69) is 25.6 Å². The van der Waals surface area contributed by atoms with Crippen LogP contribution in [-0.4, -0.2) is 44.1 Å².